The van der Waals surface area contributed by atoms with Crippen LogP contribution in [0.2, 0.25) is 10.0 Å². The van der Waals surface area contributed by atoms with Crippen LogP contribution in [-0.2, 0) is 22.6 Å². The first-order valence-electron chi connectivity index (χ1n) is 12.5. The molecule has 3 rings (SSSR count). The van der Waals surface area contributed by atoms with E-state index in [1.807, 2.05) is 62.4 Å². The second-order valence-corrected chi connectivity index (χ2v) is 11.4. The molecule has 0 aliphatic rings. The largest absolute Gasteiger partial charge is 0.483 e. The Labute approximate surface area is 243 Å². The average molecular weight is 620 g/mol. The van der Waals surface area contributed by atoms with Crippen LogP contribution in [0.5, 0.6) is 5.75 Å². The molecule has 0 aromatic heterocycles. The first kappa shape index (κ1) is 30.0. The van der Waals surface area contributed by atoms with E-state index in [-0.39, 0.29) is 31.0 Å². The Balaban J connectivity index is 1.93. The van der Waals surface area contributed by atoms with Crippen LogP contribution in [0.25, 0.3) is 0 Å². The van der Waals surface area contributed by atoms with E-state index in [1.165, 1.54) is 0 Å². The number of amides is 2. The Bertz CT molecular complexity index is 1250. The van der Waals surface area contributed by atoms with Crippen LogP contribution < -0.4 is 10.1 Å². The minimum absolute atomic E-state index is 0.0885. The third-order valence-corrected chi connectivity index (χ3v) is 7.37. The molecule has 8 heteroatoms. The lowest BCUT2D eigenvalue weighted by Gasteiger charge is -2.32. The first-order chi connectivity index (χ1) is 18.0. The Hall–Kier alpha value is -2.54. The Morgan fingerprint density at radius 3 is 2.24 bits per heavy atom. The maximum atomic E-state index is 13.7. The smallest absolute Gasteiger partial charge is 0.261 e. The summed E-state index contributed by atoms with van der Waals surface area (Å²) in [6, 6.07) is 19.8. The number of rotatable bonds is 11. The molecular formula is C30H33BrCl2N2O3. The van der Waals surface area contributed by atoms with Crippen molar-refractivity contribution in [1.82, 2.24) is 10.2 Å². The van der Waals surface area contributed by atoms with Gasteiger partial charge in [0.05, 0.1) is 14.5 Å². The van der Waals surface area contributed by atoms with Crippen LogP contribution in [0, 0.1) is 0 Å². The molecule has 0 fully saturated rings. The van der Waals surface area contributed by atoms with E-state index in [4.69, 9.17) is 27.9 Å². The van der Waals surface area contributed by atoms with Crippen LogP contribution in [-0.4, -0.2) is 35.4 Å². The van der Waals surface area contributed by atoms with E-state index in [1.54, 1.807) is 23.1 Å². The highest BCUT2D eigenvalue weighted by molar-refractivity contribution is 9.10. The third kappa shape index (κ3) is 8.48. The summed E-state index contributed by atoms with van der Waals surface area (Å²) in [5.41, 5.74) is 2.85. The fourth-order valence-electron chi connectivity index (χ4n) is 3.99. The lowest BCUT2D eigenvalue weighted by Crippen LogP contribution is -2.52. The second kappa shape index (κ2) is 14.0. The summed E-state index contributed by atoms with van der Waals surface area (Å²) in [6.07, 6.45) is 0.346. The number of halogens is 3. The molecule has 3 aromatic carbocycles. The molecule has 0 unspecified atom stereocenters. The van der Waals surface area contributed by atoms with Gasteiger partial charge in [-0.1, -0.05) is 79.5 Å². The summed E-state index contributed by atoms with van der Waals surface area (Å²) in [6.45, 7) is 7.94. The molecule has 0 heterocycles. The van der Waals surface area contributed by atoms with Crippen LogP contribution in [0.3, 0.4) is 0 Å². The van der Waals surface area contributed by atoms with E-state index < -0.39 is 6.04 Å². The van der Waals surface area contributed by atoms with Crippen LogP contribution in [0.1, 0.15) is 50.3 Å². The molecule has 0 aliphatic heterocycles. The predicted molar refractivity (Wildman–Crippen MR) is 158 cm³/mol. The van der Waals surface area contributed by atoms with Crippen molar-refractivity contribution in [3.05, 3.63) is 97.9 Å². The number of carbonyl (C=O) groups is 2. The van der Waals surface area contributed by atoms with Crippen LogP contribution in [0.15, 0.2) is 71.2 Å². The number of carbonyl (C=O) groups excluding carboxylic acids is 2. The quantitative estimate of drug-likeness (QED) is 0.243. The summed E-state index contributed by atoms with van der Waals surface area (Å²) in [4.78, 5) is 28.7. The lowest BCUT2D eigenvalue weighted by atomic mass is 10.0. The fraction of sp³-hybridized carbons (Fsp3) is 0.333. The van der Waals surface area contributed by atoms with Crippen molar-refractivity contribution in [2.24, 2.45) is 0 Å². The van der Waals surface area contributed by atoms with Crippen molar-refractivity contribution in [3.63, 3.8) is 0 Å². The number of hydrogen-bond acceptors (Lipinski definition) is 3. The number of ether oxygens (including phenoxy) is 1. The van der Waals surface area contributed by atoms with Gasteiger partial charge < -0.3 is 15.0 Å². The standard InChI is InChI=1S/C30H33BrCl2N2O3/c1-19(2)23-11-13-28(24(31)16-23)38-18-29(36)35(17-22-10-12-25(32)26(33)14-22)27(30(37)34-20(3)4)15-21-8-6-5-7-9-21/h5-14,16,19-20,27H,15,17-18H2,1-4H3,(H,34,37)/t27-/m0/s1. The molecule has 5 nitrogen and oxygen atoms in total. The Kier molecular flexibility index (Phi) is 11.1. The van der Waals surface area contributed by atoms with Gasteiger partial charge in [0.15, 0.2) is 6.61 Å². The first-order valence-corrected chi connectivity index (χ1v) is 14.1. The summed E-state index contributed by atoms with van der Waals surface area (Å²) in [7, 11) is 0. The zero-order valence-corrected chi connectivity index (χ0v) is 25.1. The summed E-state index contributed by atoms with van der Waals surface area (Å²) < 4.78 is 6.71. The number of nitrogens with zero attached hydrogens (tertiary/aromatic N) is 1. The number of benzene rings is 3. The van der Waals surface area contributed by atoms with Crippen molar-refractivity contribution < 1.29 is 14.3 Å². The van der Waals surface area contributed by atoms with Gasteiger partial charge >= 0.3 is 0 Å². The van der Waals surface area contributed by atoms with Gasteiger partial charge in [-0.05, 0) is 76.7 Å². The van der Waals surface area contributed by atoms with Gasteiger partial charge in [0.25, 0.3) is 5.91 Å². The van der Waals surface area contributed by atoms with E-state index in [9.17, 15) is 9.59 Å². The highest BCUT2D eigenvalue weighted by Gasteiger charge is 2.31. The van der Waals surface area contributed by atoms with E-state index in [0.29, 0.717) is 28.1 Å². The van der Waals surface area contributed by atoms with Crippen molar-refractivity contribution in [2.75, 3.05) is 6.61 Å². The molecule has 0 radical (unpaired) electrons. The summed E-state index contributed by atoms with van der Waals surface area (Å²) in [5.74, 6) is 0.362. The molecule has 202 valence electrons. The highest BCUT2D eigenvalue weighted by atomic mass is 79.9. The van der Waals surface area contributed by atoms with Crippen molar-refractivity contribution in [1.29, 1.82) is 0 Å². The Morgan fingerprint density at radius 2 is 1.63 bits per heavy atom. The van der Waals surface area contributed by atoms with E-state index in [0.717, 1.165) is 21.2 Å². The molecule has 2 amide bonds. The lowest BCUT2D eigenvalue weighted by molar-refractivity contribution is -0.143. The van der Waals surface area contributed by atoms with E-state index >= 15 is 0 Å². The zero-order chi connectivity index (χ0) is 27.8. The normalized spacial score (nSPS) is 11.9. The van der Waals surface area contributed by atoms with Crippen LogP contribution in [0.4, 0.5) is 0 Å². The molecular weight excluding hydrogens is 587 g/mol. The average Bonchev–Trinajstić information content (AvgIpc) is 2.87. The van der Waals surface area contributed by atoms with E-state index in [2.05, 4.69) is 35.1 Å². The van der Waals surface area contributed by atoms with Gasteiger partial charge in [0.2, 0.25) is 5.91 Å². The number of nitrogens with one attached hydrogen (secondary N) is 1. The minimum atomic E-state index is -0.767. The molecule has 38 heavy (non-hydrogen) atoms. The number of hydrogen-bond donors (Lipinski definition) is 1. The van der Waals surface area contributed by atoms with Crippen LogP contribution >= 0.6 is 39.1 Å². The van der Waals surface area contributed by atoms with Crippen molar-refractivity contribution in [2.45, 2.75) is 58.7 Å². The summed E-state index contributed by atoms with van der Waals surface area (Å²) in [5, 5.41) is 3.78. The molecule has 0 saturated carbocycles. The SMILES string of the molecule is CC(C)NC(=O)[C@H](Cc1ccccc1)N(Cc1ccc(Cl)c(Cl)c1)C(=O)COc1ccc(C(C)C)cc1Br. The van der Waals surface area contributed by atoms with Crippen molar-refractivity contribution in [3.8, 4) is 5.75 Å². The monoisotopic (exact) mass is 618 g/mol. The van der Waals surface area contributed by atoms with Gasteiger partial charge in [-0.3, -0.25) is 9.59 Å². The van der Waals surface area contributed by atoms with Gasteiger partial charge in [0, 0.05) is 19.0 Å². The molecule has 0 spiro atoms. The summed E-state index contributed by atoms with van der Waals surface area (Å²) >= 11 is 15.9. The topological polar surface area (TPSA) is 58.6 Å². The maximum Gasteiger partial charge on any atom is 0.261 e. The fourth-order valence-corrected chi connectivity index (χ4v) is 4.82. The third-order valence-electron chi connectivity index (χ3n) is 6.01. The molecule has 0 aliphatic carbocycles. The molecule has 0 saturated heterocycles. The predicted octanol–water partition coefficient (Wildman–Crippen LogP) is 7.42. The Morgan fingerprint density at radius 1 is 0.921 bits per heavy atom. The van der Waals surface area contributed by atoms with Gasteiger partial charge in [-0.15, -0.1) is 0 Å². The second-order valence-electron chi connectivity index (χ2n) is 9.77. The molecule has 0 bridgehead atoms. The van der Waals surface area contributed by atoms with Gasteiger partial charge in [-0.2, -0.15) is 0 Å². The van der Waals surface area contributed by atoms with Gasteiger partial charge in [0.1, 0.15) is 11.8 Å². The zero-order valence-electron chi connectivity index (χ0n) is 22.0. The highest BCUT2D eigenvalue weighted by Crippen LogP contribution is 2.29. The molecule has 3 aromatic rings. The minimum Gasteiger partial charge on any atom is -0.483 e. The van der Waals surface area contributed by atoms with Crippen molar-refractivity contribution >= 4 is 50.9 Å². The molecule has 1 N–H and O–H groups in total. The molecule has 1 atom stereocenters. The van der Waals surface area contributed by atoms with Gasteiger partial charge in [-0.25, -0.2) is 0 Å². The maximum absolute atomic E-state index is 13.7.